The number of urea groups is 1. The summed E-state index contributed by atoms with van der Waals surface area (Å²) in [5.41, 5.74) is 2.35. The van der Waals surface area contributed by atoms with E-state index in [-0.39, 0.29) is 12.1 Å². The summed E-state index contributed by atoms with van der Waals surface area (Å²) in [4.78, 5) is 14.7. The molecule has 144 valence electrons. The number of carbonyl (C=O) groups excluding carboxylic acids is 1. The van der Waals surface area contributed by atoms with E-state index in [0.717, 1.165) is 11.3 Å². The van der Waals surface area contributed by atoms with E-state index in [2.05, 4.69) is 5.32 Å². The molecule has 0 saturated carbocycles. The summed E-state index contributed by atoms with van der Waals surface area (Å²) < 4.78 is 21.9. The Hall–Kier alpha value is -3.09. The molecular formula is C20H24N2O5. The number of hydrogen-bond acceptors (Lipinski definition) is 5. The normalized spacial score (nSPS) is 15.4. The predicted molar refractivity (Wildman–Crippen MR) is 104 cm³/mol. The van der Waals surface area contributed by atoms with Gasteiger partial charge in [0.25, 0.3) is 0 Å². The van der Waals surface area contributed by atoms with Gasteiger partial charge < -0.3 is 24.3 Å². The quantitative estimate of drug-likeness (QED) is 0.883. The Morgan fingerprint density at radius 3 is 2.37 bits per heavy atom. The van der Waals surface area contributed by atoms with Gasteiger partial charge in [0, 0.05) is 12.1 Å². The van der Waals surface area contributed by atoms with Crippen LogP contribution in [0.2, 0.25) is 0 Å². The lowest BCUT2D eigenvalue weighted by molar-refractivity contribution is 0.208. The highest BCUT2D eigenvalue weighted by Crippen LogP contribution is 2.40. The maximum Gasteiger partial charge on any atom is 0.326 e. The van der Waals surface area contributed by atoms with Crippen molar-refractivity contribution in [2.24, 2.45) is 0 Å². The van der Waals surface area contributed by atoms with Crippen LogP contribution in [-0.2, 0) is 0 Å². The van der Waals surface area contributed by atoms with Crippen LogP contribution in [0.1, 0.15) is 12.5 Å². The van der Waals surface area contributed by atoms with Crippen LogP contribution in [0.5, 0.6) is 23.0 Å². The van der Waals surface area contributed by atoms with Crippen molar-refractivity contribution >= 4 is 17.4 Å². The third-order valence-corrected chi connectivity index (χ3v) is 4.33. The van der Waals surface area contributed by atoms with E-state index in [1.807, 2.05) is 32.0 Å². The number of anilines is 2. The molecule has 0 fully saturated rings. The topological polar surface area (TPSA) is 69.3 Å². The zero-order valence-corrected chi connectivity index (χ0v) is 16.2. The zero-order valence-electron chi connectivity index (χ0n) is 16.2. The summed E-state index contributed by atoms with van der Waals surface area (Å²) in [5.74, 6) is 2.11. The summed E-state index contributed by atoms with van der Waals surface area (Å²) in [5, 5.41) is 2.91. The third kappa shape index (κ3) is 3.72. The van der Waals surface area contributed by atoms with E-state index in [1.165, 1.54) is 21.3 Å². The fraction of sp³-hybridized carbons (Fsp3) is 0.350. The molecule has 0 radical (unpaired) electrons. The Morgan fingerprint density at radius 1 is 1.11 bits per heavy atom. The van der Waals surface area contributed by atoms with Crippen LogP contribution in [0.15, 0.2) is 30.3 Å². The second-order valence-corrected chi connectivity index (χ2v) is 6.35. The van der Waals surface area contributed by atoms with E-state index in [0.29, 0.717) is 35.2 Å². The zero-order chi connectivity index (χ0) is 19.6. The van der Waals surface area contributed by atoms with Crippen molar-refractivity contribution in [3.8, 4) is 23.0 Å². The van der Waals surface area contributed by atoms with Crippen LogP contribution < -0.4 is 29.2 Å². The summed E-state index contributed by atoms with van der Waals surface area (Å²) in [6.07, 6.45) is -0.106. The molecule has 7 heteroatoms. The average Bonchev–Trinajstić information content (AvgIpc) is 2.66. The highest BCUT2D eigenvalue weighted by atomic mass is 16.5. The highest BCUT2D eigenvalue weighted by Gasteiger charge is 2.28. The summed E-state index contributed by atoms with van der Waals surface area (Å²) in [7, 11) is 4.60. The number of carbonyl (C=O) groups is 1. The van der Waals surface area contributed by atoms with Gasteiger partial charge in [-0.05, 0) is 31.5 Å². The number of benzene rings is 2. The predicted octanol–water partition coefficient (Wildman–Crippen LogP) is 3.84. The summed E-state index contributed by atoms with van der Waals surface area (Å²) in [6, 6.07) is 8.93. The van der Waals surface area contributed by atoms with Crippen LogP contribution in [0.3, 0.4) is 0 Å². The first-order chi connectivity index (χ1) is 13.0. The molecule has 1 aliphatic rings. The third-order valence-electron chi connectivity index (χ3n) is 4.33. The lowest BCUT2D eigenvalue weighted by atomic mass is 10.1. The van der Waals surface area contributed by atoms with E-state index >= 15 is 0 Å². The van der Waals surface area contributed by atoms with Crippen LogP contribution in [0.4, 0.5) is 16.2 Å². The van der Waals surface area contributed by atoms with Gasteiger partial charge in [-0.25, -0.2) is 4.79 Å². The number of hydrogen-bond donors (Lipinski definition) is 1. The number of amides is 2. The number of ether oxygens (including phenoxy) is 4. The van der Waals surface area contributed by atoms with Gasteiger partial charge in [-0.2, -0.15) is 0 Å². The second kappa shape index (κ2) is 7.65. The standard InChI is InChI=1S/C20H24N2O5/c1-12-6-7-16-15(8-12)22(11-13(2)27-16)20(23)21-14-9-17(24-3)19(26-5)18(10-14)25-4/h6-10,13H,11H2,1-5H3,(H,21,23)/t13-/m0/s1. The molecule has 2 aromatic rings. The first-order valence-corrected chi connectivity index (χ1v) is 8.62. The van der Waals surface area contributed by atoms with E-state index in [9.17, 15) is 4.79 Å². The van der Waals surface area contributed by atoms with Crippen molar-refractivity contribution in [1.29, 1.82) is 0 Å². The number of fused-ring (bicyclic) bond motifs is 1. The molecule has 27 heavy (non-hydrogen) atoms. The van der Waals surface area contributed by atoms with E-state index in [4.69, 9.17) is 18.9 Å². The molecule has 0 unspecified atom stereocenters. The molecule has 1 atom stereocenters. The Morgan fingerprint density at radius 2 is 1.78 bits per heavy atom. The summed E-state index contributed by atoms with van der Waals surface area (Å²) in [6.45, 7) is 4.36. The van der Waals surface area contributed by atoms with Crippen molar-refractivity contribution in [3.63, 3.8) is 0 Å². The molecule has 1 N–H and O–H groups in total. The average molecular weight is 372 g/mol. The van der Waals surface area contributed by atoms with E-state index < -0.39 is 0 Å². The highest BCUT2D eigenvalue weighted by molar-refractivity contribution is 6.03. The van der Waals surface area contributed by atoms with Gasteiger partial charge in [0.15, 0.2) is 11.5 Å². The van der Waals surface area contributed by atoms with Gasteiger partial charge in [-0.3, -0.25) is 4.90 Å². The molecule has 7 nitrogen and oxygen atoms in total. The van der Waals surface area contributed by atoms with Crippen molar-refractivity contribution in [3.05, 3.63) is 35.9 Å². The molecule has 1 heterocycles. The Kier molecular flexibility index (Phi) is 5.30. The minimum absolute atomic E-state index is 0.106. The van der Waals surface area contributed by atoms with Gasteiger partial charge in [0.05, 0.1) is 39.2 Å². The fourth-order valence-corrected chi connectivity index (χ4v) is 3.08. The second-order valence-electron chi connectivity index (χ2n) is 6.35. The molecule has 0 aliphatic carbocycles. The van der Waals surface area contributed by atoms with Gasteiger partial charge in [0.1, 0.15) is 11.9 Å². The number of rotatable bonds is 4. The molecule has 2 aromatic carbocycles. The first-order valence-electron chi connectivity index (χ1n) is 8.62. The SMILES string of the molecule is COc1cc(NC(=O)N2C[C@H](C)Oc3ccc(C)cc32)cc(OC)c1OC. The van der Waals surface area contributed by atoms with Crippen molar-refractivity contribution in [1.82, 2.24) is 0 Å². The first kappa shape index (κ1) is 18.7. The lowest BCUT2D eigenvalue weighted by Gasteiger charge is -2.33. The minimum Gasteiger partial charge on any atom is -0.493 e. The van der Waals surface area contributed by atoms with Crippen molar-refractivity contribution < 1.29 is 23.7 Å². The molecule has 3 rings (SSSR count). The number of nitrogens with zero attached hydrogens (tertiary/aromatic N) is 1. The summed E-state index contributed by atoms with van der Waals surface area (Å²) >= 11 is 0. The van der Waals surface area contributed by atoms with Crippen molar-refractivity contribution in [2.75, 3.05) is 38.1 Å². The van der Waals surface area contributed by atoms with Crippen LogP contribution >= 0.6 is 0 Å². The fourth-order valence-electron chi connectivity index (χ4n) is 3.08. The van der Waals surface area contributed by atoms with Crippen LogP contribution in [0.25, 0.3) is 0 Å². The molecule has 1 aliphatic heterocycles. The number of aryl methyl sites for hydroxylation is 1. The van der Waals surface area contributed by atoms with Gasteiger partial charge >= 0.3 is 6.03 Å². The molecule has 0 bridgehead atoms. The van der Waals surface area contributed by atoms with Crippen LogP contribution in [-0.4, -0.2) is 40.0 Å². The Labute approximate surface area is 158 Å². The number of nitrogens with one attached hydrogen (secondary N) is 1. The Balaban J connectivity index is 1.91. The van der Waals surface area contributed by atoms with E-state index in [1.54, 1.807) is 17.0 Å². The van der Waals surface area contributed by atoms with Crippen molar-refractivity contribution in [2.45, 2.75) is 20.0 Å². The Bertz CT molecular complexity index is 827. The minimum atomic E-state index is -0.258. The molecule has 2 amide bonds. The largest absolute Gasteiger partial charge is 0.493 e. The molecule has 0 saturated heterocycles. The maximum atomic E-state index is 13.0. The maximum absolute atomic E-state index is 13.0. The number of methoxy groups -OCH3 is 3. The molecule has 0 aromatic heterocycles. The molecular weight excluding hydrogens is 348 g/mol. The lowest BCUT2D eigenvalue weighted by Crippen LogP contribution is -2.44. The van der Waals surface area contributed by atoms with Gasteiger partial charge in [-0.15, -0.1) is 0 Å². The van der Waals surface area contributed by atoms with Gasteiger partial charge in [-0.1, -0.05) is 6.07 Å². The van der Waals surface area contributed by atoms with Gasteiger partial charge in [0.2, 0.25) is 5.75 Å². The van der Waals surface area contributed by atoms with Crippen LogP contribution in [0, 0.1) is 6.92 Å². The monoisotopic (exact) mass is 372 g/mol. The molecule has 0 spiro atoms. The smallest absolute Gasteiger partial charge is 0.326 e.